The molecule has 0 fully saturated rings. The minimum Gasteiger partial charge on any atom is -0.334 e. The van der Waals surface area contributed by atoms with Gasteiger partial charge in [-0.25, -0.2) is 18.1 Å². The molecule has 18 heavy (non-hydrogen) atoms. The van der Waals surface area contributed by atoms with Crippen LogP contribution in [-0.4, -0.2) is 31.1 Å². The average Bonchev–Trinajstić information content (AvgIpc) is 2.71. The van der Waals surface area contributed by atoms with E-state index in [0.29, 0.717) is 18.8 Å². The van der Waals surface area contributed by atoms with Crippen molar-refractivity contribution in [1.29, 1.82) is 0 Å². The smallest absolute Gasteiger partial charge is 0.259 e. The molecule has 1 aromatic rings. The number of hydrogen-bond donors (Lipinski definition) is 1. The molecule has 0 aliphatic carbocycles. The molecule has 0 radical (unpaired) electrons. The summed E-state index contributed by atoms with van der Waals surface area (Å²) in [5.41, 5.74) is 8.07. The molecule has 0 unspecified atom stereocenters. The predicted molar refractivity (Wildman–Crippen MR) is 66.5 cm³/mol. The molecule has 1 heterocycles. The highest BCUT2D eigenvalue weighted by molar-refractivity contribution is 7.89. The first-order chi connectivity index (χ1) is 8.51. The molecule has 0 saturated heterocycles. The Kier molecular flexibility index (Phi) is 5.14. The van der Waals surface area contributed by atoms with Crippen LogP contribution in [0.25, 0.3) is 10.4 Å². The Balaban J connectivity index is 2.65. The molecule has 0 amide bonds. The maximum absolute atomic E-state index is 11.9. The quantitative estimate of drug-likeness (QED) is 0.348. The van der Waals surface area contributed by atoms with Crippen LogP contribution in [0, 0.1) is 6.92 Å². The van der Waals surface area contributed by atoms with Crippen LogP contribution in [0.4, 0.5) is 0 Å². The lowest BCUT2D eigenvalue weighted by molar-refractivity contribution is 0.576. The van der Waals surface area contributed by atoms with Gasteiger partial charge in [0.2, 0.25) is 0 Å². The normalized spacial score (nSPS) is 11.2. The summed E-state index contributed by atoms with van der Waals surface area (Å²) in [4.78, 5) is 6.58. The summed E-state index contributed by atoms with van der Waals surface area (Å²) >= 11 is 0. The van der Waals surface area contributed by atoms with Gasteiger partial charge >= 0.3 is 0 Å². The fourth-order valence-electron chi connectivity index (χ4n) is 1.40. The molecular formula is C9H16N6O2S. The Bertz CT molecular complexity index is 543. The molecule has 0 bridgehead atoms. The molecule has 1 aromatic heterocycles. The molecule has 8 nitrogen and oxygen atoms in total. The molecule has 1 N–H and O–H groups in total. The van der Waals surface area contributed by atoms with E-state index in [9.17, 15) is 8.42 Å². The summed E-state index contributed by atoms with van der Waals surface area (Å²) in [6, 6.07) is 0. The topological polar surface area (TPSA) is 113 Å². The van der Waals surface area contributed by atoms with Gasteiger partial charge in [0.15, 0.2) is 5.03 Å². The maximum atomic E-state index is 11.9. The van der Waals surface area contributed by atoms with E-state index in [-0.39, 0.29) is 18.1 Å². The van der Waals surface area contributed by atoms with Crippen molar-refractivity contribution in [1.82, 2.24) is 14.3 Å². The fraction of sp³-hybridized carbons (Fsp3) is 0.667. The summed E-state index contributed by atoms with van der Waals surface area (Å²) in [7, 11) is -3.58. The summed E-state index contributed by atoms with van der Waals surface area (Å²) in [6.07, 6.45) is 1.96. The fourth-order valence-corrected chi connectivity index (χ4v) is 2.48. The number of aryl methyl sites for hydroxylation is 2. The molecule has 0 aliphatic heterocycles. The Morgan fingerprint density at radius 2 is 2.33 bits per heavy atom. The van der Waals surface area contributed by atoms with Crippen LogP contribution >= 0.6 is 0 Å². The maximum Gasteiger partial charge on any atom is 0.259 e. The molecule has 0 spiro atoms. The van der Waals surface area contributed by atoms with E-state index in [2.05, 4.69) is 19.7 Å². The Hall–Kier alpha value is -1.57. The molecule has 1 rings (SSSR count). The zero-order valence-corrected chi connectivity index (χ0v) is 11.2. The highest BCUT2D eigenvalue weighted by Gasteiger charge is 2.17. The van der Waals surface area contributed by atoms with Crippen LogP contribution in [0.15, 0.2) is 16.3 Å². The van der Waals surface area contributed by atoms with Crippen molar-refractivity contribution in [2.75, 3.05) is 13.1 Å². The molecule has 100 valence electrons. The molecule has 0 aliphatic rings. The van der Waals surface area contributed by atoms with Crippen LogP contribution in [0.1, 0.15) is 19.2 Å². The third-order valence-electron chi connectivity index (χ3n) is 2.36. The molecule has 9 heteroatoms. The van der Waals surface area contributed by atoms with E-state index in [0.717, 1.165) is 0 Å². The number of rotatable bonds is 7. The predicted octanol–water partition coefficient (Wildman–Crippen LogP) is 1.19. The third kappa shape index (κ3) is 3.73. The second kappa shape index (κ2) is 6.39. The van der Waals surface area contributed by atoms with E-state index >= 15 is 0 Å². The minimum atomic E-state index is -3.58. The second-order valence-corrected chi connectivity index (χ2v) is 5.33. The summed E-state index contributed by atoms with van der Waals surface area (Å²) in [5.74, 6) is 0.659. The van der Waals surface area contributed by atoms with Crippen LogP contribution in [0.5, 0.6) is 0 Å². The Labute approximate surface area is 106 Å². The number of hydrogen-bond acceptors (Lipinski definition) is 4. The number of aromatic nitrogens is 2. The largest absolute Gasteiger partial charge is 0.334 e. The number of nitrogens with zero attached hydrogens (tertiary/aromatic N) is 5. The van der Waals surface area contributed by atoms with E-state index in [4.69, 9.17) is 5.53 Å². The van der Waals surface area contributed by atoms with Gasteiger partial charge in [0.05, 0.1) is 0 Å². The first-order valence-corrected chi connectivity index (χ1v) is 7.04. The van der Waals surface area contributed by atoms with Crippen LogP contribution < -0.4 is 4.72 Å². The van der Waals surface area contributed by atoms with Crippen LogP contribution in [-0.2, 0) is 16.6 Å². The molecule has 0 atom stereocenters. The van der Waals surface area contributed by atoms with Gasteiger partial charge < -0.3 is 4.57 Å². The van der Waals surface area contributed by atoms with Crippen molar-refractivity contribution < 1.29 is 8.42 Å². The van der Waals surface area contributed by atoms with Gasteiger partial charge in [-0.15, -0.1) is 0 Å². The summed E-state index contributed by atoms with van der Waals surface area (Å²) < 4.78 is 27.9. The Morgan fingerprint density at radius 3 is 2.89 bits per heavy atom. The lowest BCUT2D eigenvalue weighted by atomic mass is 10.4. The first kappa shape index (κ1) is 14.5. The number of nitrogens with one attached hydrogen (secondary N) is 1. The van der Waals surface area contributed by atoms with E-state index in [1.54, 1.807) is 11.5 Å². The molecule has 0 saturated carbocycles. The second-order valence-electron chi connectivity index (χ2n) is 3.62. The van der Waals surface area contributed by atoms with E-state index in [1.165, 1.54) is 6.20 Å². The van der Waals surface area contributed by atoms with Gasteiger partial charge in [-0.05, 0) is 25.8 Å². The first-order valence-electron chi connectivity index (χ1n) is 5.55. The zero-order valence-electron chi connectivity index (χ0n) is 10.4. The monoisotopic (exact) mass is 272 g/mol. The lowest BCUT2D eigenvalue weighted by Gasteiger charge is -2.02. The van der Waals surface area contributed by atoms with Crippen LogP contribution in [0.3, 0.4) is 0 Å². The number of sulfonamides is 1. The third-order valence-corrected chi connectivity index (χ3v) is 3.69. The van der Waals surface area contributed by atoms with Gasteiger partial charge in [0.1, 0.15) is 5.82 Å². The van der Waals surface area contributed by atoms with Gasteiger partial charge in [-0.1, -0.05) is 5.11 Å². The molecular weight excluding hydrogens is 256 g/mol. The lowest BCUT2D eigenvalue weighted by Crippen LogP contribution is -2.25. The van der Waals surface area contributed by atoms with Crippen LogP contribution in [0.2, 0.25) is 0 Å². The van der Waals surface area contributed by atoms with E-state index in [1.807, 2.05) is 6.92 Å². The van der Waals surface area contributed by atoms with Gasteiger partial charge in [-0.2, -0.15) is 0 Å². The van der Waals surface area contributed by atoms with E-state index < -0.39 is 10.0 Å². The van der Waals surface area contributed by atoms with Crippen molar-refractivity contribution >= 4 is 10.0 Å². The zero-order chi connectivity index (χ0) is 13.6. The minimum absolute atomic E-state index is 0.0191. The van der Waals surface area contributed by atoms with Crippen molar-refractivity contribution in [2.24, 2.45) is 5.11 Å². The van der Waals surface area contributed by atoms with Crippen molar-refractivity contribution in [3.05, 3.63) is 22.5 Å². The van der Waals surface area contributed by atoms with Crippen molar-refractivity contribution in [2.45, 2.75) is 31.8 Å². The number of imidazole rings is 1. The van der Waals surface area contributed by atoms with Gasteiger partial charge in [0.25, 0.3) is 10.0 Å². The standard InChI is InChI=1S/C9H16N6O2S/c1-3-15-7-9(13-8(15)2)18(16,17)12-6-4-5-11-14-10/h7,12H,3-6H2,1-2H3. The highest BCUT2D eigenvalue weighted by Crippen LogP contribution is 2.08. The average molecular weight is 272 g/mol. The number of azide groups is 1. The molecule has 0 aromatic carbocycles. The van der Waals surface area contributed by atoms with Crippen molar-refractivity contribution in [3.63, 3.8) is 0 Å². The summed E-state index contributed by atoms with van der Waals surface area (Å²) in [6.45, 7) is 4.83. The SMILES string of the molecule is CCn1cc(S(=O)(=O)NCCCN=[N+]=[N-])nc1C. The highest BCUT2D eigenvalue weighted by atomic mass is 32.2. The van der Waals surface area contributed by atoms with Gasteiger partial charge in [0, 0.05) is 30.7 Å². The van der Waals surface area contributed by atoms with Crippen molar-refractivity contribution in [3.8, 4) is 0 Å². The van der Waals surface area contributed by atoms with Gasteiger partial charge in [-0.3, -0.25) is 0 Å². The Morgan fingerprint density at radius 1 is 1.61 bits per heavy atom. The summed E-state index contributed by atoms with van der Waals surface area (Å²) in [5, 5.41) is 3.34.